The first-order chi connectivity index (χ1) is 9.45. The summed E-state index contributed by atoms with van der Waals surface area (Å²) in [6, 6.07) is 7.21. The molecule has 1 N–H and O–H groups in total. The highest BCUT2D eigenvalue weighted by Crippen LogP contribution is 2.20. The number of hydrogen-bond donors (Lipinski definition) is 1. The summed E-state index contributed by atoms with van der Waals surface area (Å²) in [7, 11) is 0. The molecule has 6 heteroatoms. The second kappa shape index (κ2) is 5.88. The van der Waals surface area contributed by atoms with Crippen molar-refractivity contribution in [3.05, 3.63) is 64.2 Å². The van der Waals surface area contributed by atoms with Crippen molar-refractivity contribution in [1.82, 2.24) is 0 Å². The van der Waals surface area contributed by atoms with Gasteiger partial charge < -0.3 is 9.84 Å². The zero-order chi connectivity index (χ0) is 14.7. The quantitative estimate of drug-likeness (QED) is 0.931. The van der Waals surface area contributed by atoms with Gasteiger partial charge in [-0.2, -0.15) is 0 Å². The second-order valence-electron chi connectivity index (χ2n) is 4.02. The highest BCUT2D eigenvalue weighted by atomic mass is 35.5. The first-order valence-corrected chi connectivity index (χ1v) is 5.94. The van der Waals surface area contributed by atoms with Crippen molar-refractivity contribution < 1.29 is 23.4 Å². The maximum Gasteiger partial charge on any atom is 0.335 e. The molecule has 3 nitrogen and oxygen atoms in total. The molecule has 0 radical (unpaired) electrons. The lowest BCUT2D eigenvalue weighted by molar-refractivity contribution is 0.0695. The number of carboxylic acids is 1. The average molecular weight is 299 g/mol. The molecule has 0 amide bonds. The molecule has 0 saturated carbocycles. The lowest BCUT2D eigenvalue weighted by atomic mass is 10.2. The standard InChI is InChI=1S/C14H9ClF2O3/c15-12-3-8(1-2-13(12)17)7-20-11-5-9(14(18)19)4-10(16)6-11/h1-6H,7H2,(H,18,19). The molecular weight excluding hydrogens is 290 g/mol. The van der Waals surface area contributed by atoms with Crippen LogP contribution < -0.4 is 4.74 Å². The van der Waals surface area contributed by atoms with E-state index in [1.54, 1.807) is 0 Å². The molecule has 0 heterocycles. The minimum Gasteiger partial charge on any atom is -0.489 e. The van der Waals surface area contributed by atoms with E-state index in [1.807, 2.05) is 0 Å². The van der Waals surface area contributed by atoms with Crippen molar-refractivity contribution in [2.45, 2.75) is 6.61 Å². The van der Waals surface area contributed by atoms with E-state index >= 15 is 0 Å². The normalized spacial score (nSPS) is 10.3. The summed E-state index contributed by atoms with van der Waals surface area (Å²) in [6.45, 7) is 0.0164. The fraction of sp³-hybridized carbons (Fsp3) is 0.0714. The van der Waals surface area contributed by atoms with Gasteiger partial charge in [-0.1, -0.05) is 17.7 Å². The van der Waals surface area contributed by atoms with Crippen LogP contribution in [0, 0.1) is 11.6 Å². The Labute approximate surface area is 118 Å². The van der Waals surface area contributed by atoms with Gasteiger partial charge in [0.15, 0.2) is 0 Å². The zero-order valence-corrected chi connectivity index (χ0v) is 10.8. The molecule has 20 heavy (non-hydrogen) atoms. The van der Waals surface area contributed by atoms with E-state index in [9.17, 15) is 13.6 Å². The van der Waals surface area contributed by atoms with Crippen LogP contribution in [0.3, 0.4) is 0 Å². The van der Waals surface area contributed by atoms with Gasteiger partial charge in [0.05, 0.1) is 10.6 Å². The Morgan fingerprint density at radius 2 is 1.95 bits per heavy atom. The van der Waals surface area contributed by atoms with E-state index in [-0.39, 0.29) is 22.9 Å². The molecule has 0 aromatic heterocycles. The van der Waals surface area contributed by atoms with Gasteiger partial charge in [-0.3, -0.25) is 0 Å². The molecule has 0 fully saturated rings. The van der Waals surface area contributed by atoms with Gasteiger partial charge in [-0.15, -0.1) is 0 Å². The smallest absolute Gasteiger partial charge is 0.335 e. The van der Waals surface area contributed by atoms with Crippen molar-refractivity contribution in [3.8, 4) is 5.75 Å². The van der Waals surface area contributed by atoms with E-state index in [4.69, 9.17) is 21.4 Å². The fourth-order valence-electron chi connectivity index (χ4n) is 1.57. The van der Waals surface area contributed by atoms with Gasteiger partial charge >= 0.3 is 5.97 Å². The molecule has 2 aromatic rings. The van der Waals surface area contributed by atoms with Crippen LogP contribution in [0.5, 0.6) is 5.75 Å². The molecule has 2 rings (SSSR count). The summed E-state index contributed by atoms with van der Waals surface area (Å²) in [4.78, 5) is 10.8. The minimum absolute atomic E-state index is 0.0164. The van der Waals surface area contributed by atoms with E-state index < -0.39 is 17.6 Å². The first-order valence-electron chi connectivity index (χ1n) is 5.56. The second-order valence-corrected chi connectivity index (χ2v) is 4.43. The molecule has 0 aliphatic rings. The molecule has 104 valence electrons. The summed E-state index contributed by atoms with van der Waals surface area (Å²) in [5, 5.41) is 8.76. The van der Waals surface area contributed by atoms with Gasteiger partial charge in [0.2, 0.25) is 0 Å². The minimum atomic E-state index is -1.25. The molecule has 0 aliphatic heterocycles. The molecule has 0 spiro atoms. The van der Waals surface area contributed by atoms with Crippen LogP contribution in [-0.4, -0.2) is 11.1 Å². The van der Waals surface area contributed by atoms with Gasteiger partial charge in [0.25, 0.3) is 0 Å². The third-order valence-corrected chi connectivity index (χ3v) is 2.80. The van der Waals surface area contributed by atoms with Crippen LogP contribution in [0.25, 0.3) is 0 Å². The van der Waals surface area contributed by atoms with E-state index in [0.717, 1.165) is 12.1 Å². The van der Waals surface area contributed by atoms with E-state index in [0.29, 0.717) is 5.56 Å². The first kappa shape index (κ1) is 14.3. The van der Waals surface area contributed by atoms with Crippen molar-refractivity contribution >= 4 is 17.6 Å². The molecule has 0 bridgehead atoms. The third-order valence-electron chi connectivity index (χ3n) is 2.51. The molecule has 0 atom stereocenters. The topological polar surface area (TPSA) is 46.5 Å². The number of carboxylic acid groups (broad SMARTS) is 1. The molecule has 0 saturated heterocycles. The number of hydrogen-bond acceptors (Lipinski definition) is 2. The Bertz CT molecular complexity index is 659. The maximum atomic E-state index is 13.2. The van der Waals surface area contributed by atoms with Crippen LogP contribution in [0.2, 0.25) is 5.02 Å². The Kier molecular flexibility index (Phi) is 4.20. The summed E-state index contributed by atoms with van der Waals surface area (Å²) in [6.07, 6.45) is 0. The maximum absolute atomic E-state index is 13.2. The number of benzene rings is 2. The summed E-state index contributed by atoms with van der Waals surface area (Å²) < 4.78 is 31.5. The van der Waals surface area contributed by atoms with E-state index in [2.05, 4.69) is 0 Å². The summed E-state index contributed by atoms with van der Waals surface area (Å²) in [5.74, 6) is -2.44. The fourth-order valence-corrected chi connectivity index (χ4v) is 1.77. The number of rotatable bonds is 4. The highest BCUT2D eigenvalue weighted by Gasteiger charge is 2.08. The van der Waals surface area contributed by atoms with Crippen molar-refractivity contribution in [2.24, 2.45) is 0 Å². The predicted octanol–water partition coefficient (Wildman–Crippen LogP) is 3.90. The van der Waals surface area contributed by atoms with Crippen molar-refractivity contribution in [1.29, 1.82) is 0 Å². The Balaban J connectivity index is 2.14. The van der Waals surface area contributed by atoms with Crippen LogP contribution in [0.15, 0.2) is 36.4 Å². The Morgan fingerprint density at radius 1 is 1.20 bits per heavy atom. The number of aromatic carboxylic acids is 1. The van der Waals surface area contributed by atoms with Crippen LogP contribution in [0.4, 0.5) is 8.78 Å². The molecule has 2 aromatic carbocycles. The number of halogens is 3. The molecule has 0 aliphatic carbocycles. The number of carbonyl (C=O) groups is 1. The van der Waals surface area contributed by atoms with Crippen LogP contribution in [-0.2, 0) is 6.61 Å². The SMILES string of the molecule is O=C(O)c1cc(F)cc(OCc2ccc(F)c(Cl)c2)c1. The van der Waals surface area contributed by atoms with Gasteiger partial charge in [-0.05, 0) is 29.8 Å². The number of ether oxygens (including phenoxy) is 1. The van der Waals surface area contributed by atoms with Gasteiger partial charge in [0, 0.05) is 6.07 Å². The lowest BCUT2D eigenvalue weighted by Gasteiger charge is -2.08. The average Bonchev–Trinajstić information content (AvgIpc) is 2.39. The van der Waals surface area contributed by atoms with Gasteiger partial charge in [-0.25, -0.2) is 13.6 Å². The monoisotopic (exact) mass is 298 g/mol. The van der Waals surface area contributed by atoms with Crippen molar-refractivity contribution in [3.63, 3.8) is 0 Å². The summed E-state index contributed by atoms with van der Waals surface area (Å²) in [5.41, 5.74) is 0.370. The third kappa shape index (κ3) is 3.45. The zero-order valence-electron chi connectivity index (χ0n) is 10.1. The van der Waals surface area contributed by atoms with Gasteiger partial charge in [0.1, 0.15) is 24.0 Å². The van der Waals surface area contributed by atoms with Crippen LogP contribution >= 0.6 is 11.6 Å². The lowest BCUT2D eigenvalue weighted by Crippen LogP contribution is -2.01. The molecular formula is C14H9ClF2O3. The summed E-state index contributed by atoms with van der Waals surface area (Å²) >= 11 is 5.62. The largest absolute Gasteiger partial charge is 0.489 e. The van der Waals surface area contributed by atoms with E-state index in [1.165, 1.54) is 24.3 Å². The Hall–Kier alpha value is -2.14. The highest BCUT2D eigenvalue weighted by molar-refractivity contribution is 6.30. The predicted molar refractivity (Wildman–Crippen MR) is 69.1 cm³/mol. The van der Waals surface area contributed by atoms with Crippen LogP contribution in [0.1, 0.15) is 15.9 Å². The van der Waals surface area contributed by atoms with Crippen molar-refractivity contribution in [2.75, 3.05) is 0 Å². The Morgan fingerprint density at radius 3 is 2.60 bits per heavy atom. The molecule has 0 unspecified atom stereocenters.